The van der Waals surface area contributed by atoms with Crippen LogP contribution in [0.15, 0.2) is 54.7 Å². The Kier molecular flexibility index (Phi) is 3.57. The second-order valence-corrected chi connectivity index (χ2v) is 5.30. The standard InChI is InChI=1S/C16H14BN3O3/c21-17-16-8-14(7-6-12(16)10-23-17)20-9-13(18-19-20)11-22-15-4-2-1-3-5-15/h1-9,21H,10-11H2. The van der Waals surface area contributed by atoms with Crippen molar-refractivity contribution in [1.29, 1.82) is 0 Å². The van der Waals surface area contributed by atoms with Gasteiger partial charge in [-0.2, -0.15) is 0 Å². The summed E-state index contributed by atoms with van der Waals surface area (Å²) in [6, 6.07) is 15.3. The minimum atomic E-state index is -0.866. The number of rotatable bonds is 4. The van der Waals surface area contributed by atoms with Crippen LogP contribution in [0, 0.1) is 0 Å². The lowest BCUT2D eigenvalue weighted by Crippen LogP contribution is -2.28. The second-order valence-electron chi connectivity index (χ2n) is 5.30. The molecule has 3 aromatic rings. The molecule has 1 N–H and O–H groups in total. The maximum Gasteiger partial charge on any atom is 0.491 e. The first-order valence-electron chi connectivity index (χ1n) is 7.31. The second kappa shape index (κ2) is 5.87. The molecule has 1 aliphatic heterocycles. The van der Waals surface area contributed by atoms with E-state index in [-0.39, 0.29) is 0 Å². The van der Waals surface area contributed by atoms with Crippen molar-refractivity contribution in [3.8, 4) is 11.4 Å². The lowest BCUT2D eigenvalue weighted by molar-refractivity contribution is 0.275. The molecule has 0 aliphatic carbocycles. The molecule has 114 valence electrons. The molecule has 0 saturated heterocycles. The van der Waals surface area contributed by atoms with Gasteiger partial charge in [0.25, 0.3) is 0 Å². The molecule has 0 fully saturated rings. The fraction of sp³-hybridized carbons (Fsp3) is 0.125. The molecule has 6 nitrogen and oxygen atoms in total. The summed E-state index contributed by atoms with van der Waals surface area (Å²) in [5, 5.41) is 18.0. The highest BCUT2D eigenvalue weighted by molar-refractivity contribution is 6.61. The van der Waals surface area contributed by atoms with Crippen LogP contribution in [0.2, 0.25) is 0 Å². The number of hydrogen-bond acceptors (Lipinski definition) is 5. The molecule has 0 radical (unpaired) electrons. The zero-order valence-corrected chi connectivity index (χ0v) is 12.3. The van der Waals surface area contributed by atoms with E-state index in [1.165, 1.54) is 0 Å². The van der Waals surface area contributed by atoms with Gasteiger partial charge in [0.05, 0.1) is 18.5 Å². The average molecular weight is 307 g/mol. The Labute approximate surface area is 133 Å². The predicted octanol–water partition coefficient (Wildman–Crippen LogP) is 1.06. The van der Waals surface area contributed by atoms with E-state index in [9.17, 15) is 5.02 Å². The van der Waals surface area contributed by atoms with Gasteiger partial charge in [-0.25, -0.2) is 4.68 Å². The highest BCUT2D eigenvalue weighted by Crippen LogP contribution is 2.15. The zero-order chi connectivity index (χ0) is 15.6. The van der Waals surface area contributed by atoms with Gasteiger partial charge in [0, 0.05) is 0 Å². The van der Waals surface area contributed by atoms with Crippen LogP contribution in [0.25, 0.3) is 5.69 Å². The molecule has 1 aliphatic rings. The highest BCUT2D eigenvalue weighted by atomic mass is 16.5. The number of ether oxygens (including phenoxy) is 1. The number of fused-ring (bicyclic) bond motifs is 1. The largest absolute Gasteiger partial charge is 0.491 e. The lowest BCUT2D eigenvalue weighted by Gasteiger charge is -2.04. The van der Waals surface area contributed by atoms with Crippen LogP contribution in [0.1, 0.15) is 11.3 Å². The van der Waals surface area contributed by atoms with Crippen molar-refractivity contribution in [3.05, 3.63) is 66.0 Å². The third kappa shape index (κ3) is 2.84. The van der Waals surface area contributed by atoms with E-state index in [1.54, 1.807) is 4.68 Å². The Hall–Kier alpha value is -2.64. The maximum atomic E-state index is 9.78. The van der Waals surface area contributed by atoms with Crippen LogP contribution in [0.3, 0.4) is 0 Å². The van der Waals surface area contributed by atoms with Crippen LogP contribution in [-0.2, 0) is 17.9 Å². The Morgan fingerprint density at radius 1 is 1.22 bits per heavy atom. The van der Waals surface area contributed by atoms with Crippen LogP contribution >= 0.6 is 0 Å². The quantitative estimate of drug-likeness (QED) is 0.730. The molecule has 2 aromatic carbocycles. The first kappa shape index (κ1) is 14.0. The molecular formula is C16H14BN3O3. The van der Waals surface area contributed by atoms with Crippen molar-refractivity contribution in [2.75, 3.05) is 0 Å². The summed E-state index contributed by atoms with van der Waals surface area (Å²) < 4.78 is 12.5. The van der Waals surface area contributed by atoms with E-state index in [0.29, 0.717) is 13.2 Å². The topological polar surface area (TPSA) is 69.4 Å². The summed E-state index contributed by atoms with van der Waals surface area (Å²) in [4.78, 5) is 0. The number of hydrogen-bond donors (Lipinski definition) is 1. The monoisotopic (exact) mass is 307 g/mol. The van der Waals surface area contributed by atoms with Crippen molar-refractivity contribution in [3.63, 3.8) is 0 Å². The Bertz CT molecular complexity index is 822. The van der Waals surface area contributed by atoms with Crippen molar-refractivity contribution in [2.24, 2.45) is 0 Å². The van der Waals surface area contributed by atoms with E-state index < -0.39 is 7.12 Å². The highest BCUT2D eigenvalue weighted by Gasteiger charge is 2.27. The molecule has 2 heterocycles. The van der Waals surface area contributed by atoms with E-state index in [4.69, 9.17) is 9.39 Å². The lowest BCUT2D eigenvalue weighted by atomic mass is 9.79. The molecule has 0 saturated carbocycles. The molecular weight excluding hydrogens is 293 g/mol. The van der Waals surface area contributed by atoms with Crippen molar-refractivity contribution in [1.82, 2.24) is 15.0 Å². The number of para-hydroxylation sites is 1. The van der Waals surface area contributed by atoms with Gasteiger partial charge >= 0.3 is 7.12 Å². The van der Waals surface area contributed by atoms with Crippen LogP contribution in [0.5, 0.6) is 5.75 Å². The van der Waals surface area contributed by atoms with Gasteiger partial charge in [0.1, 0.15) is 18.1 Å². The SMILES string of the molecule is OB1OCc2ccc(-n3cc(COc4ccccc4)nn3)cc21. The van der Waals surface area contributed by atoms with Gasteiger partial charge in [-0.3, -0.25) is 0 Å². The summed E-state index contributed by atoms with van der Waals surface area (Å²) in [6.07, 6.45) is 1.81. The minimum absolute atomic E-state index is 0.348. The number of nitrogens with zero attached hydrogens (tertiary/aromatic N) is 3. The first-order valence-corrected chi connectivity index (χ1v) is 7.31. The Balaban J connectivity index is 1.51. The summed E-state index contributed by atoms with van der Waals surface area (Å²) in [7, 11) is -0.866. The molecule has 4 rings (SSSR count). The van der Waals surface area contributed by atoms with Crippen molar-refractivity contribution >= 4 is 12.6 Å². The molecule has 7 heteroatoms. The average Bonchev–Trinajstić information content (AvgIpc) is 3.21. The smallest absolute Gasteiger partial charge is 0.487 e. The van der Waals surface area contributed by atoms with Gasteiger partial charge < -0.3 is 14.4 Å². The van der Waals surface area contributed by atoms with Crippen LogP contribution < -0.4 is 10.2 Å². The van der Waals surface area contributed by atoms with Crippen molar-refractivity contribution in [2.45, 2.75) is 13.2 Å². The van der Waals surface area contributed by atoms with Crippen LogP contribution in [-0.4, -0.2) is 27.1 Å². The van der Waals surface area contributed by atoms with Gasteiger partial charge in [-0.1, -0.05) is 29.5 Å². The minimum Gasteiger partial charge on any atom is -0.487 e. The number of benzene rings is 2. The molecule has 1 aromatic heterocycles. The fourth-order valence-corrected chi connectivity index (χ4v) is 2.51. The van der Waals surface area contributed by atoms with E-state index in [1.807, 2.05) is 54.7 Å². The maximum absolute atomic E-state index is 9.78. The Morgan fingerprint density at radius 3 is 2.96 bits per heavy atom. The third-order valence-corrected chi connectivity index (χ3v) is 3.73. The summed E-state index contributed by atoms with van der Waals surface area (Å²) >= 11 is 0. The Morgan fingerprint density at radius 2 is 2.09 bits per heavy atom. The fourth-order valence-electron chi connectivity index (χ4n) is 2.51. The van der Waals surface area contributed by atoms with Gasteiger partial charge in [0.15, 0.2) is 0 Å². The normalized spacial score (nSPS) is 13.2. The molecule has 0 bridgehead atoms. The number of aromatic nitrogens is 3. The predicted molar refractivity (Wildman–Crippen MR) is 84.5 cm³/mol. The molecule has 23 heavy (non-hydrogen) atoms. The van der Waals surface area contributed by atoms with E-state index >= 15 is 0 Å². The van der Waals surface area contributed by atoms with E-state index in [0.717, 1.165) is 28.2 Å². The summed E-state index contributed by atoms with van der Waals surface area (Å²) in [6.45, 7) is 0.783. The molecule has 0 amide bonds. The zero-order valence-electron chi connectivity index (χ0n) is 12.3. The molecule has 0 spiro atoms. The molecule has 0 unspecified atom stereocenters. The van der Waals surface area contributed by atoms with Gasteiger partial charge in [0.2, 0.25) is 0 Å². The third-order valence-electron chi connectivity index (χ3n) is 3.73. The van der Waals surface area contributed by atoms with Crippen molar-refractivity contribution < 1.29 is 14.4 Å². The summed E-state index contributed by atoms with van der Waals surface area (Å²) in [5.74, 6) is 0.792. The molecule has 0 atom stereocenters. The van der Waals surface area contributed by atoms with Gasteiger partial charge in [-0.15, -0.1) is 5.10 Å². The van der Waals surface area contributed by atoms with E-state index in [2.05, 4.69) is 10.3 Å². The summed E-state index contributed by atoms with van der Waals surface area (Å²) in [5.41, 5.74) is 3.33. The van der Waals surface area contributed by atoms with Crippen LogP contribution in [0.4, 0.5) is 0 Å². The first-order chi connectivity index (χ1) is 11.3. The van der Waals surface area contributed by atoms with Gasteiger partial charge in [-0.05, 0) is 35.3 Å².